The van der Waals surface area contributed by atoms with Crippen molar-refractivity contribution < 1.29 is 9.53 Å². The molecule has 0 aromatic heterocycles. The molecular formula is C23H23BrN2O2. The first kappa shape index (κ1) is 20.0. The summed E-state index contributed by atoms with van der Waals surface area (Å²) in [6.07, 6.45) is 0. The van der Waals surface area contributed by atoms with Crippen molar-refractivity contribution in [2.24, 2.45) is 0 Å². The predicted molar refractivity (Wildman–Crippen MR) is 118 cm³/mol. The Bertz CT molecular complexity index is 972. The molecule has 0 aliphatic heterocycles. The number of halogens is 1. The molecule has 4 nitrogen and oxygen atoms in total. The summed E-state index contributed by atoms with van der Waals surface area (Å²) in [7, 11) is 0. The Morgan fingerprint density at radius 3 is 2.57 bits per heavy atom. The van der Waals surface area contributed by atoms with Crippen LogP contribution in [0.2, 0.25) is 0 Å². The number of aryl methyl sites for hydroxylation is 2. The van der Waals surface area contributed by atoms with Crippen LogP contribution < -0.4 is 15.4 Å². The van der Waals surface area contributed by atoms with E-state index in [4.69, 9.17) is 4.74 Å². The average molecular weight is 439 g/mol. The average Bonchev–Trinajstić information content (AvgIpc) is 2.66. The highest BCUT2D eigenvalue weighted by Gasteiger charge is 2.08. The molecule has 3 aromatic rings. The number of nitrogens with one attached hydrogen (secondary N) is 2. The number of carbonyl (C=O) groups excluding carboxylic acids is 1. The molecule has 144 valence electrons. The standard InChI is InChI=1S/C23H23BrN2O2/c1-16-6-5-8-19(12-16)26-23(27)15-28-22-11-10-18(13-20(22)24)14-25-21-9-4-3-7-17(21)2/h3-13,25H,14-15H2,1-2H3,(H,26,27). The Hall–Kier alpha value is -2.79. The van der Waals surface area contributed by atoms with Crippen LogP contribution in [-0.4, -0.2) is 12.5 Å². The van der Waals surface area contributed by atoms with Gasteiger partial charge in [-0.3, -0.25) is 4.79 Å². The summed E-state index contributed by atoms with van der Waals surface area (Å²) in [5, 5.41) is 6.27. The highest BCUT2D eigenvalue weighted by molar-refractivity contribution is 9.10. The highest BCUT2D eigenvalue weighted by Crippen LogP contribution is 2.26. The highest BCUT2D eigenvalue weighted by atomic mass is 79.9. The van der Waals surface area contributed by atoms with Crippen molar-refractivity contribution in [1.82, 2.24) is 0 Å². The van der Waals surface area contributed by atoms with Crippen molar-refractivity contribution in [1.29, 1.82) is 0 Å². The molecule has 0 spiro atoms. The maximum absolute atomic E-state index is 12.1. The molecule has 0 atom stereocenters. The lowest BCUT2D eigenvalue weighted by atomic mass is 10.1. The molecule has 28 heavy (non-hydrogen) atoms. The number of anilines is 2. The molecule has 0 fully saturated rings. The third kappa shape index (κ3) is 5.60. The first-order chi connectivity index (χ1) is 13.5. The second-order valence-corrected chi connectivity index (χ2v) is 7.49. The third-order valence-electron chi connectivity index (χ3n) is 4.28. The van der Waals surface area contributed by atoms with Gasteiger partial charge in [-0.05, 0) is 76.8 Å². The largest absolute Gasteiger partial charge is 0.483 e. The molecule has 0 aliphatic carbocycles. The Morgan fingerprint density at radius 1 is 1.00 bits per heavy atom. The number of hydrogen-bond acceptors (Lipinski definition) is 3. The van der Waals surface area contributed by atoms with E-state index < -0.39 is 0 Å². The summed E-state index contributed by atoms with van der Waals surface area (Å²) in [6, 6.07) is 21.7. The van der Waals surface area contributed by atoms with Crippen LogP contribution in [0.4, 0.5) is 11.4 Å². The van der Waals surface area contributed by atoms with E-state index in [-0.39, 0.29) is 12.5 Å². The van der Waals surface area contributed by atoms with Gasteiger partial charge in [-0.25, -0.2) is 0 Å². The summed E-state index contributed by atoms with van der Waals surface area (Å²) in [5.41, 5.74) is 5.31. The number of para-hydroxylation sites is 1. The van der Waals surface area contributed by atoms with Crippen LogP contribution in [0.15, 0.2) is 71.2 Å². The summed E-state index contributed by atoms with van der Waals surface area (Å²) >= 11 is 3.53. The molecule has 0 unspecified atom stereocenters. The molecule has 0 saturated heterocycles. The van der Waals surface area contributed by atoms with E-state index in [0.29, 0.717) is 12.3 Å². The van der Waals surface area contributed by atoms with Crippen molar-refractivity contribution >= 4 is 33.2 Å². The van der Waals surface area contributed by atoms with E-state index in [1.165, 1.54) is 5.56 Å². The maximum atomic E-state index is 12.1. The second kappa shape index (κ2) is 9.42. The summed E-state index contributed by atoms with van der Waals surface area (Å²) in [6.45, 7) is 4.72. The molecule has 0 saturated carbocycles. The first-order valence-electron chi connectivity index (χ1n) is 9.08. The SMILES string of the molecule is Cc1cccc(NC(=O)COc2ccc(CNc3ccccc3C)cc2Br)c1. The summed E-state index contributed by atoms with van der Waals surface area (Å²) in [5.74, 6) is 0.446. The molecule has 0 bridgehead atoms. The normalized spacial score (nSPS) is 10.4. The molecule has 0 aliphatic rings. The van der Waals surface area contributed by atoms with Gasteiger partial charge >= 0.3 is 0 Å². The molecule has 1 amide bonds. The molecular weight excluding hydrogens is 416 g/mol. The van der Waals surface area contributed by atoms with Crippen LogP contribution in [0.1, 0.15) is 16.7 Å². The van der Waals surface area contributed by atoms with Gasteiger partial charge < -0.3 is 15.4 Å². The van der Waals surface area contributed by atoms with Crippen molar-refractivity contribution in [3.8, 4) is 5.75 Å². The fourth-order valence-corrected chi connectivity index (χ4v) is 3.34. The van der Waals surface area contributed by atoms with Crippen molar-refractivity contribution in [3.63, 3.8) is 0 Å². The Labute approximate surface area is 174 Å². The van der Waals surface area contributed by atoms with Crippen LogP contribution in [-0.2, 0) is 11.3 Å². The molecule has 0 heterocycles. The van der Waals surface area contributed by atoms with Gasteiger partial charge in [0.1, 0.15) is 5.75 Å². The van der Waals surface area contributed by atoms with Gasteiger partial charge in [0.25, 0.3) is 5.91 Å². The molecule has 2 N–H and O–H groups in total. The van der Waals surface area contributed by atoms with Gasteiger partial charge in [0.2, 0.25) is 0 Å². The Kier molecular flexibility index (Phi) is 6.71. The third-order valence-corrected chi connectivity index (χ3v) is 4.90. The van der Waals surface area contributed by atoms with E-state index in [1.54, 1.807) is 0 Å². The minimum Gasteiger partial charge on any atom is -0.483 e. The van der Waals surface area contributed by atoms with Gasteiger partial charge in [-0.2, -0.15) is 0 Å². The summed E-state index contributed by atoms with van der Waals surface area (Å²) < 4.78 is 6.48. The number of rotatable bonds is 7. The first-order valence-corrected chi connectivity index (χ1v) is 9.88. The topological polar surface area (TPSA) is 50.4 Å². The quantitative estimate of drug-likeness (QED) is 0.497. The number of amides is 1. The Balaban J connectivity index is 1.54. The number of hydrogen-bond donors (Lipinski definition) is 2. The monoisotopic (exact) mass is 438 g/mol. The van der Waals surface area contributed by atoms with Crippen molar-refractivity contribution in [2.75, 3.05) is 17.2 Å². The van der Waals surface area contributed by atoms with Crippen molar-refractivity contribution in [3.05, 3.63) is 87.9 Å². The van der Waals surface area contributed by atoms with Crippen LogP contribution >= 0.6 is 15.9 Å². The van der Waals surface area contributed by atoms with Gasteiger partial charge in [-0.1, -0.05) is 36.4 Å². The maximum Gasteiger partial charge on any atom is 0.262 e. The second-order valence-electron chi connectivity index (χ2n) is 6.64. The zero-order chi connectivity index (χ0) is 19.9. The number of carbonyl (C=O) groups is 1. The lowest BCUT2D eigenvalue weighted by molar-refractivity contribution is -0.118. The minimum absolute atomic E-state index is 0.0483. The van der Waals surface area contributed by atoms with E-state index in [1.807, 2.05) is 61.5 Å². The molecule has 0 radical (unpaired) electrons. The zero-order valence-corrected chi connectivity index (χ0v) is 17.5. The minimum atomic E-state index is -0.192. The van der Waals surface area contributed by atoms with Crippen LogP contribution in [0.3, 0.4) is 0 Å². The fourth-order valence-electron chi connectivity index (χ4n) is 2.80. The zero-order valence-electron chi connectivity index (χ0n) is 16.0. The summed E-state index contributed by atoms with van der Waals surface area (Å²) in [4.78, 5) is 12.1. The van der Waals surface area contributed by atoms with E-state index >= 15 is 0 Å². The smallest absolute Gasteiger partial charge is 0.262 e. The lowest BCUT2D eigenvalue weighted by Crippen LogP contribution is -2.20. The van der Waals surface area contributed by atoms with Gasteiger partial charge in [0.15, 0.2) is 6.61 Å². The number of benzene rings is 3. The van der Waals surface area contributed by atoms with Crippen molar-refractivity contribution in [2.45, 2.75) is 20.4 Å². The molecule has 3 rings (SSSR count). The van der Waals surface area contributed by atoms with E-state index in [2.05, 4.69) is 45.6 Å². The van der Waals surface area contributed by atoms with Crippen LogP contribution in [0.5, 0.6) is 5.75 Å². The van der Waals surface area contributed by atoms with Gasteiger partial charge in [0, 0.05) is 17.9 Å². The number of ether oxygens (including phenoxy) is 1. The molecule has 5 heteroatoms. The van der Waals surface area contributed by atoms with E-state index in [0.717, 1.165) is 27.0 Å². The van der Waals surface area contributed by atoms with Crippen LogP contribution in [0.25, 0.3) is 0 Å². The Morgan fingerprint density at radius 2 is 1.82 bits per heavy atom. The van der Waals surface area contributed by atoms with Gasteiger partial charge in [0.05, 0.1) is 4.47 Å². The predicted octanol–water partition coefficient (Wildman–Crippen LogP) is 5.70. The van der Waals surface area contributed by atoms with Crippen LogP contribution in [0, 0.1) is 13.8 Å². The molecule has 3 aromatic carbocycles. The van der Waals surface area contributed by atoms with Gasteiger partial charge in [-0.15, -0.1) is 0 Å². The van der Waals surface area contributed by atoms with E-state index in [9.17, 15) is 4.79 Å². The lowest BCUT2D eigenvalue weighted by Gasteiger charge is -2.12. The fraction of sp³-hybridized carbons (Fsp3) is 0.174.